The van der Waals surface area contributed by atoms with E-state index in [9.17, 15) is 24.3 Å². The zero-order chi connectivity index (χ0) is 23.7. The van der Waals surface area contributed by atoms with Gasteiger partial charge >= 0.3 is 5.97 Å². The summed E-state index contributed by atoms with van der Waals surface area (Å²) in [6, 6.07) is 3.86. The largest absolute Gasteiger partial charge is 0.508 e. The van der Waals surface area contributed by atoms with Crippen LogP contribution in [0, 0.1) is 0 Å². The number of hydrogen-bond donors (Lipinski definition) is 5. The van der Waals surface area contributed by atoms with Crippen molar-refractivity contribution in [1.29, 1.82) is 0 Å². The van der Waals surface area contributed by atoms with Crippen molar-refractivity contribution in [2.75, 3.05) is 25.1 Å². The van der Waals surface area contributed by atoms with Gasteiger partial charge in [-0.05, 0) is 55.4 Å². The molecule has 3 amide bonds. The summed E-state index contributed by atoms with van der Waals surface area (Å²) in [4.78, 5) is 50.4. The third-order valence-corrected chi connectivity index (χ3v) is 5.85. The number of likely N-dealkylation sites (tertiary alicyclic amines) is 1. The molecule has 1 saturated heterocycles. The summed E-state index contributed by atoms with van der Waals surface area (Å²) in [5, 5.41) is 23.2. The number of amides is 3. The van der Waals surface area contributed by atoms with E-state index < -0.39 is 42.5 Å². The van der Waals surface area contributed by atoms with Gasteiger partial charge in [-0.2, -0.15) is 11.8 Å². The maximum atomic E-state index is 13.2. The predicted molar refractivity (Wildman–Crippen MR) is 120 cm³/mol. The molecular weight excluding hydrogens is 436 g/mol. The fraction of sp³-hybridized carbons (Fsp3) is 0.524. The van der Waals surface area contributed by atoms with Gasteiger partial charge in [0, 0.05) is 6.54 Å². The van der Waals surface area contributed by atoms with Crippen LogP contribution in [0.5, 0.6) is 5.75 Å². The van der Waals surface area contributed by atoms with Crippen LogP contribution in [0.25, 0.3) is 0 Å². The lowest BCUT2D eigenvalue weighted by Gasteiger charge is -2.29. The van der Waals surface area contributed by atoms with E-state index in [1.807, 2.05) is 6.26 Å². The Hall–Kier alpha value is -2.79. The standard InChI is InChI=1S/C21H30N4O6S/c1-32-10-8-16(24-19(29)15(22)11-13-4-6-14(26)7-5-13)21(31)25-9-2-3-17(25)20(30)23-12-18(27)28/h4-7,15-17,26H,2-3,8-12,22H2,1H3,(H,23,30)(H,24,29)(H,27,28). The van der Waals surface area contributed by atoms with E-state index in [-0.39, 0.29) is 18.1 Å². The number of hydrogen-bond acceptors (Lipinski definition) is 7. The summed E-state index contributed by atoms with van der Waals surface area (Å²) in [5.41, 5.74) is 6.81. The Labute approximate surface area is 190 Å². The van der Waals surface area contributed by atoms with Crippen LogP contribution in [0.4, 0.5) is 0 Å². The summed E-state index contributed by atoms with van der Waals surface area (Å²) >= 11 is 1.53. The average molecular weight is 467 g/mol. The van der Waals surface area contributed by atoms with Crippen LogP contribution >= 0.6 is 11.8 Å². The molecule has 2 rings (SSSR count). The molecule has 1 aliphatic rings. The van der Waals surface area contributed by atoms with Gasteiger partial charge in [-0.3, -0.25) is 19.2 Å². The van der Waals surface area contributed by atoms with Gasteiger partial charge < -0.3 is 31.5 Å². The fourth-order valence-corrected chi connectivity index (χ4v) is 4.01. The fourth-order valence-electron chi connectivity index (χ4n) is 3.53. The Morgan fingerprint density at radius 1 is 1.25 bits per heavy atom. The molecule has 6 N–H and O–H groups in total. The molecule has 32 heavy (non-hydrogen) atoms. The maximum Gasteiger partial charge on any atom is 0.322 e. The Bertz CT molecular complexity index is 819. The van der Waals surface area contributed by atoms with E-state index in [0.717, 1.165) is 5.56 Å². The number of phenols is 1. The molecule has 0 spiro atoms. The van der Waals surface area contributed by atoms with E-state index in [0.29, 0.717) is 31.6 Å². The first kappa shape index (κ1) is 25.5. The highest BCUT2D eigenvalue weighted by atomic mass is 32.2. The molecule has 0 bridgehead atoms. The van der Waals surface area contributed by atoms with E-state index >= 15 is 0 Å². The molecule has 11 heteroatoms. The third kappa shape index (κ3) is 7.41. The van der Waals surface area contributed by atoms with E-state index in [4.69, 9.17) is 10.8 Å². The smallest absolute Gasteiger partial charge is 0.322 e. The van der Waals surface area contributed by atoms with Crippen LogP contribution in [-0.2, 0) is 25.6 Å². The van der Waals surface area contributed by atoms with Gasteiger partial charge in [0.05, 0.1) is 6.04 Å². The minimum Gasteiger partial charge on any atom is -0.508 e. The lowest BCUT2D eigenvalue weighted by Crippen LogP contribution is -2.56. The first-order valence-corrected chi connectivity index (χ1v) is 11.7. The molecule has 1 heterocycles. The number of nitrogens with zero attached hydrogens (tertiary/aromatic N) is 1. The summed E-state index contributed by atoms with van der Waals surface area (Å²) < 4.78 is 0. The molecular formula is C21H30N4O6S. The Morgan fingerprint density at radius 3 is 2.56 bits per heavy atom. The van der Waals surface area contributed by atoms with Crippen molar-refractivity contribution < 1.29 is 29.4 Å². The second kappa shape index (κ2) is 12.3. The van der Waals surface area contributed by atoms with Crippen LogP contribution in [0.2, 0.25) is 0 Å². The first-order chi connectivity index (χ1) is 15.2. The van der Waals surface area contributed by atoms with E-state index in [1.165, 1.54) is 28.8 Å². The second-order valence-electron chi connectivity index (χ2n) is 7.62. The number of carbonyl (C=O) groups excluding carboxylic acids is 3. The molecule has 176 valence electrons. The number of benzene rings is 1. The lowest BCUT2D eigenvalue weighted by atomic mass is 10.0. The topological polar surface area (TPSA) is 162 Å². The molecule has 0 aliphatic carbocycles. The van der Waals surface area contributed by atoms with E-state index in [2.05, 4.69) is 10.6 Å². The monoisotopic (exact) mass is 466 g/mol. The first-order valence-electron chi connectivity index (χ1n) is 10.4. The van der Waals surface area contributed by atoms with E-state index in [1.54, 1.807) is 12.1 Å². The Balaban J connectivity index is 2.04. The number of phenolic OH excluding ortho intramolecular Hbond substituents is 1. The lowest BCUT2D eigenvalue weighted by molar-refractivity contribution is -0.142. The van der Waals surface area contributed by atoms with Gasteiger partial charge in [-0.1, -0.05) is 12.1 Å². The van der Waals surface area contributed by atoms with Crippen LogP contribution < -0.4 is 16.4 Å². The van der Waals surface area contributed by atoms with Crippen molar-refractivity contribution in [3.05, 3.63) is 29.8 Å². The second-order valence-corrected chi connectivity index (χ2v) is 8.61. The van der Waals surface area contributed by atoms with Crippen molar-refractivity contribution in [3.63, 3.8) is 0 Å². The Morgan fingerprint density at radius 2 is 1.94 bits per heavy atom. The predicted octanol–water partition coefficient (Wildman–Crippen LogP) is -0.308. The van der Waals surface area contributed by atoms with Crippen LogP contribution in [0.15, 0.2) is 24.3 Å². The van der Waals surface area contributed by atoms with Crippen molar-refractivity contribution in [2.45, 2.75) is 43.8 Å². The van der Waals surface area contributed by atoms with Gasteiger partial charge in [0.25, 0.3) is 0 Å². The zero-order valence-corrected chi connectivity index (χ0v) is 18.8. The molecule has 0 aromatic heterocycles. The molecule has 3 unspecified atom stereocenters. The summed E-state index contributed by atoms with van der Waals surface area (Å²) in [6.45, 7) is -0.161. The van der Waals surface area contributed by atoms with Crippen LogP contribution in [-0.4, -0.2) is 82.0 Å². The average Bonchev–Trinajstić information content (AvgIpc) is 3.25. The molecule has 3 atom stereocenters. The Kier molecular flexibility index (Phi) is 9.79. The third-order valence-electron chi connectivity index (χ3n) is 5.21. The summed E-state index contributed by atoms with van der Waals surface area (Å²) in [5.74, 6) is -1.81. The summed E-state index contributed by atoms with van der Waals surface area (Å²) in [6.07, 6.45) is 3.54. The van der Waals surface area contributed by atoms with Crippen molar-refractivity contribution in [3.8, 4) is 5.75 Å². The number of nitrogens with one attached hydrogen (secondary N) is 2. The molecule has 1 fully saturated rings. The van der Waals surface area contributed by atoms with Gasteiger partial charge in [-0.15, -0.1) is 0 Å². The number of carbonyl (C=O) groups is 4. The minimum absolute atomic E-state index is 0.113. The number of aliphatic carboxylic acids is 1. The van der Waals surface area contributed by atoms with Gasteiger partial charge in [0.1, 0.15) is 24.4 Å². The highest BCUT2D eigenvalue weighted by Crippen LogP contribution is 2.20. The van der Waals surface area contributed by atoms with Crippen LogP contribution in [0.3, 0.4) is 0 Å². The molecule has 0 saturated carbocycles. The van der Waals surface area contributed by atoms with Gasteiger partial charge in [0.15, 0.2) is 0 Å². The van der Waals surface area contributed by atoms with Gasteiger partial charge in [-0.25, -0.2) is 0 Å². The number of thioether (sulfide) groups is 1. The molecule has 1 aromatic carbocycles. The van der Waals surface area contributed by atoms with Gasteiger partial charge in [0.2, 0.25) is 17.7 Å². The van der Waals surface area contributed by atoms with Crippen LogP contribution in [0.1, 0.15) is 24.8 Å². The number of rotatable bonds is 11. The number of carboxylic acids is 1. The maximum absolute atomic E-state index is 13.2. The highest BCUT2D eigenvalue weighted by molar-refractivity contribution is 7.98. The normalized spacial score (nSPS) is 17.4. The quantitative estimate of drug-likeness (QED) is 0.297. The zero-order valence-electron chi connectivity index (χ0n) is 18.0. The highest BCUT2D eigenvalue weighted by Gasteiger charge is 2.37. The van der Waals surface area contributed by atoms with Crippen molar-refractivity contribution >= 4 is 35.5 Å². The SMILES string of the molecule is CSCCC(NC(=O)C(N)Cc1ccc(O)cc1)C(=O)N1CCCC1C(=O)NCC(=O)O. The molecule has 1 aromatic rings. The number of carboxylic acid groups (broad SMARTS) is 1. The number of nitrogens with two attached hydrogens (primary N) is 1. The minimum atomic E-state index is -1.16. The molecule has 0 radical (unpaired) electrons. The molecule has 1 aliphatic heterocycles. The summed E-state index contributed by atoms with van der Waals surface area (Å²) in [7, 11) is 0. The van der Waals surface area contributed by atoms with Crippen molar-refractivity contribution in [1.82, 2.24) is 15.5 Å². The number of aromatic hydroxyl groups is 1. The molecule has 10 nitrogen and oxygen atoms in total. The van der Waals surface area contributed by atoms with Crippen molar-refractivity contribution in [2.24, 2.45) is 5.73 Å².